The van der Waals surface area contributed by atoms with E-state index >= 15 is 0 Å². The molecule has 1 aromatic carbocycles. The minimum atomic E-state index is -0.244. The van der Waals surface area contributed by atoms with Gasteiger partial charge in [0.2, 0.25) is 0 Å². The summed E-state index contributed by atoms with van der Waals surface area (Å²) in [5.41, 5.74) is 0.733. The standard InChI is InChI=1S/C12H9N3OS/c16-12-13-6-3-7-15(12)8-11-14-9-4-1-2-5-10(9)17-11/h1-7H,8H2. The van der Waals surface area contributed by atoms with Crippen molar-refractivity contribution >= 4 is 21.6 Å². The Morgan fingerprint density at radius 3 is 2.94 bits per heavy atom. The molecule has 0 bridgehead atoms. The first kappa shape index (κ1) is 10.2. The van der Waals surface area contributed by atoms with E-state index < -0.39 is 0 Å². The second-order valence-electron chi connectivity index (χ2n) is 3.61. The van der Waals surface area contributed by atoms with Gasteiger partial charge in [-0.3, -0.25) is 4.57 Å². The highest BCUT2D eigenvalue weighted by Gasteiger charge is 2.04. The maximum absolute atomic E-state index is 11.5. The minimum Gasteiger partial charge on any atom is -0.292 e. The molecule has 0 radical (unpaired) electrons. The van der Waals surface area contributed by atoms with Crippen LogP contribution in [0, 0.1) is 0 Å². The number of nitrogens with zero attached hydrogens (tertiary/aromatic N) is 3. The van der Waals surface area contributed by atoms with Crippen LogP contribution in [0.5, 0.6) is 0 Å². The van der Waals surface area contributed by atoms with Crippen LogP contribution in [0.1, 0.15) is 5.01 Å². The molecule has 84 valence electrons. The molecule has 2 heterocycles. The summed E-state index contributed by atoms with van der Waals surface area (Å²) in [4.78, 5) is 19.7. The summed E-state index contributed by atoms with van der Waals surface area (Å²) in [6.07, 6.45) is 3.22. The van der Waals surface area contributed by atoms with Crippen molar-refractivity contribution in [3.8, 4) is 0 Å². The zero-order chi connectivity index (χ0) is 11.7. The molecule has 5 heteroatoms. The summed E-state index contributed by atoms with van der Waals surface area (Å²) in [6, 6.07) is 9.70. The number of para-hydroxylation sites is 1. The van der Waals surface area contributed by atoms with Crippen LogP contribution < -0.4 is 5.69 Å². The first-order valence-corrected chi connectivity index (χ1v) is 6.00. The molecule has 0 saturated carbocycles. The van der Waals surface area contributed by atoms with Crippen LogP contribution in [0.4, 0.5) is 0 Å². The molecule has 0 atom stereocenters. The van der Waals surface area contributed by atoms with Gasteiger partial charge in [0.1, 0.15) is 5.01 Å². The summed E-state index contributed by atoms with van der Waals surface area (Å²) >= 11 is 1.60. The SMILES string of the molecule is O=c1ncccn1Cc1nc2ccccc2s1. The smallest absolute Gasteiger partial charge is 0.292 e. The van der Waals surface area contributed by atoms with Crippen molar-refractivity contribution in [2.75, 3.05) is 0 Å². The number of benzene rings is 1. The fourth-order valence-corrected chi connectivity index (χ4v) is 2.61. The molecule has 3 aromatic rings. The second-order valence-corrected chi connectivity index (χ2v) is 4.72. The fourth-order valence-electron chi connectivity index (χ4n) is 1.64. The number of fused-ring (bicyclic) bond motifs is 1. The van der Waals surface area contributed by atoms with Crippen LogP contribution >= 0.6 is 11.3 Å². The Balaban J connectivity index is 2.00. The zero-order valence-electron chi connectivity index (χ0n) is 8.91. The Morgan fingerprint density at radius 1 is 1.24 bits per heavy atom. The van der Waals surface area contributed by atoms with Crippen molar-refractivity contribution in [2.24, 2.45) is 0 Å². The third kappa shape index (κ3) is 1.97. The first-order valence-electron chi connectivity index (χ1n) is 5.19. The highest BCUT2D eigenvalue weighted by atomic mass is 32.1. The average Bonchev–Trinajstić information content (AvgIpc) is 2.74. The summed E-state index contributed by atoms with van der Waals surface area (Å²) in [5, 5.41) is 0.918. The number of rotatable bonds is 2. The average molecular weight is 243 g/mol. The topological polar surface area (TPSA) is 47.8 Å². The number of hydrogen-bond acceptors (Lipinski definition) is 4. The molecule has 4 nitrogen and oxygen atoms in total. The van der Waals surface area contributed by atoms with E-state index in [4.69, 9.17) is 0 Å². The van der Waals surface area contributed by atoms with Crippen LogP contribution in [0.2, 0.25) is 0 Å². The largest absolute Gasteiger partial charge is 0.347 e. The Bertz CT molecular complexity index is 684. The lowest BCUT2D eigenvalue weighted by Crippen LogP contribution is -2.21. The van der Waals surface area contributed by atoms with Crippen LogP contribution in [0.15, 0.2) is 47.5 Å². The maximum Gasteiger partial charge on any atom is 0.347 e. The van der Waals surface area contributed by atoms with Crippen molar-refractivity contribution in [1.29, 1.82) is 0 Å². The van der Waals surface area contributed by atoms with Gasteiger partial charge in [0.05, 0.1) is 16.8 Å². The number of thiazole rings is 1. The van der Waals surface area contributed by atoms with E-state index in [0.717, 1.165) is 15.2 Å². The Morgan fingerprint density at radius 2 is 2.12 bits per heavy atom. The molecule has 0 N–H and O–H groups in total. The van der Waals surface area contributed by atoms with Gasteiger partial charge < -0.3 is 0 Å². The molecular formula is C12H9N3OS. The van der Waals surface area contributed by atoms with Crippen LogP contribution in [0.3, 0.4) is 0 Å². The Kier molecular flexibility index (Phi) is 2.45. The molecular weight excluding hydrogens is 234 g/mol. The van der Waals surface area contributed by atoms with E-state index in [1.54, 1.807) is 28.2 Å². The minimum absolute atomic E-state index is 0.244. The molecule has 0 aliphatic carbocycles. The third-order valence-corrected chi connectivity index (χ3v) is 3.45. The molecule has 3 rings (SSSR count). The molecule has 0 amide bonds. The van der Waals surface area contributed by atoms with Crippen molar-refractivity contribution in [2.45, 2.75) is 6.54 Å². The number of hydrogen-bond donors (Lipinski definition) is 0. The van der Waals surface area contributed by atoms with Crippen LogP contribution in [-0.4, -0.2) is 14.5 Å². The first-order chi connectivity index (χ1) is 8.33. The second kappa shape index (κ2) is 4.10. The lowest BCUT2D eigenvalue weighted by molar-refractivity contribution is 0.724. The molecule has 17 heavy (non-hydrogen) atoms. The molecule has 0 aliphatic rings. The summed E-state index contributed by atoms with van der Waals surface area (Å²) in [7, 11) is 0. The summed E-state index contributed by atoms with van der Waals surface area (Å²) < 4.78 is 2.69. The van der Waals surface area contributed by atoms with Gasteiger partial charge in [0, 0.05) is 12.4 Å². The predicted octanol–water partition coefficient (Wildman–Crippen LogP) is 1.90. The Labute approximate surface area is 101 Å². The lowest BCUT2D eigenvalue weighted by atomic mass is 10.3. The van der Waals surface area contributed by atoms with E-state index in [9.17, 15) is 4.79 Å². The zero-order valence-corrected chi connectivity index (χ0v) is 9.72. The maximum atomic E-state index is 11.5. The molecule has 0 aliphatic heterocycles. The van der Waals surface area contributed by atoms with Crippen LogP contribution in [-0.2, 0) is 6.54 Å². The Hall–Kier alpha value is -2.01. The van der Waals surface area contributed by atoms with E-state index in [0.29, 0.717) is 6.54 Å². The van der Waals surface area contributed by atoms with Gasteiger partial charge in [-0.2, -0.15) is 0 Å². The van der Waals surface area contributed by atoms with E-state index in [1.807, 2.05) is 24.3 Å². The van der Waals surface area contributed by atoms with E-state index in [1.165, 1.54) is 6.20 Å². The quantitative estimate of drug-likeness (QED) is 0.690. The highest BCUT2D eigenvalue weighted by Crippen LogP contribution is 2.21. The molecule has 2 aromatic heterocycles. The van der Waals surface area contributed by atoms with Gasteiger partial charge in [-0.25, -0.2) is 14.8 Å². The molecule has 0 fully saturated rings. The van der Waals surface area contributed by atoms with Crippen molar-refractivity contribution < 1.29 is 0 Å². The lowest BCUT2D eigenvalue weighted by Gasteiger charge is -1.99. The van der Waals surface area contributed by atoms with Gasteiger partial charge in [-0.05, 0) is 18.2 Å². The van der Waals surface area contributed by atoms with Crippen LogP contribution in [0.25, 0.3) is 10.2 Å². The predicted molar refractivity (Wildman–Crippen MR) is 67.2 cm³/mol. The van der Waals surface area contributed by atoms with E-state index in [-0.39, 0.29) is 5.69 Å². The van der Waals surface area contributed by atoms with Crippen molar-refractivity contribution in [1.82, 2.24) is 14.5 Å². The van der Waals surface area contributed by atoms with E-state index in [2.05, 4.69) is 9.97 Å². The normalized spacial score (nSPS) is 10.8. The van der Waals surface area contributed by atoms with Gasteiger partial charge in [0.15, 0.2) is 0 Å². The van der Waals surface area contributed by atoms with Gasteiger partial charge in [0.25, 0.3) is 0 Å². The van der Waals surface area contributed by atoms with Crippen molar-refractivity contribution in [3.05, 3.63) is 58.2 Å². The van der Waals surface area contributed by atoms with Crippen molar-refractivity contribution in [3.63, 3.8) is 0 Å². The molecule has 0 spiro atoms. The van der Waals surface area contributed by atoms with Gasteiger partial charge >= 0.3 is 5.69 Å². The molecule has 0 unspecified atom stereocenters. The number of aromatic nitrogens is 3. The van der Waals surface area contributed by atoms with Gasteiger partial charge in [-0.1, -0.05) is 12.1 Å². The highest BCUT2D eigenvalue weighted by molar-refractivity contribution is 7.18. The van der Waals surface area contributed by atoms with Gasteiger partial charge in [-0.15, -0.1) is 11.3 Å². The molecule has 0 saturated heterocycles. The summed E-state index contributed by atoms with van der Waals surface area (Å²) in [5.74, 6) is 0. The fraction of sp³-hybridized carbons (Fsp3) is 0.0833. The summed E-state index contributed by atoms with van der Waals surface area (Å²) in [6.45, 7) is 0.478. The third-order valence-electron chi connectivity index (χ3n) is 2.43. The monoisotopic (exact) mass is 243 g/mol.